The van der Waals surface area contributed by atoms with Crippen molar-refractivity contribution in [2.75, 3.05) is 13.2 Å². The van der Waals surface area contributed by atoms with E-state index in [1.54, 1.807) is 17.9 Å². The molecule has 0 aromatic heterocycles. The number of piperidine rings is 1. The van der Waals surface area contributed by atoms with Crippen LogP contribution in [0.3, 0.4) is 0 Å². The Hall–Kier alpha value is -4.76. The van der Waals surface area contributed by atoms with Gasteiger partial charge in [0, 0.05) is 6.08 Å². The number of rotatable bonds is 14. The van der Waals surface area contributed by atoms with Gasteiger partial charge in [0.05, 0.1) is 39.0 Å². The second-order valence-corrected chi connectivity index (χ2v) is 11.2. The molecular formula is C39H41NO7. The fourth-order valence-corrected chi connectivity index (χ4v) is 5.44. The maximum atomic E-state index is 13.9. The molecule has 0 N–H and O–H groups in total. The van der Waals surface area contributed by atoms with Crippen LogP contribution in [0.4, 0.5) is 4.79 Å². The number of hydrogen-bond donors (Lipinski definition) is 0. The Kier molecular flexibility index (Phi) is 12.7. The van der Waals surface area contributed by atoms with Gasteiger partial charge in [0.15, 0.2) is 0 Å². The van der Waals surface area contributed by atoms with Crippen molar-refractivity contribution >= 4 is 12.1 Å². The number of amides is 1. The van der Waals surface area contributed by atoms with Crippen LogP contribution in [0.2, 0.25) is 0 Å². The molecule has 0 bridgehead atoms. The fraction of sp³-hybridized carbons (Fsp3) is 0.282. The number of nitrogens with zero attached hydrogens (tertiary/aromatic N) is 1. The molecule has 4 atom stereocenters. The number of carbonyl (C=O) groups excluding carboxylic acids is 2. The normalized spacial score (nSPS) is 19.4. The molecule has 1 unspecified atom stereocenters. The first-order valence-electron chi connectivity index (χ1n) is 15.9. The van der Waals surface area contributed by atoms with E-state index in [4.69, 9.17) is 23.7 Å². The van der Waals surface area contributed by atoms with E-state index in [1.165, 1.54) is 6.08 Å². The van der Waals surface area contributed by atoms with Crippen molar-refractivity contribution in [1.82, 2.24) is 4.90 Å². The summed E-state index contributed by atoms with van der Waals surface area (Å²) >= 11 is 0. The smallest absolute Gasteiger partial charge is 0.410 e. The van der Waals surface area contributed by atoms with Gasteiger partial charge < -0.3 is 23.7 Å². The predicted octanol–water partition coefficient (Wildman–Crippen LogP) is 6.88. The van der Waals surface area contributed by atoms with E-state index in [1.807, 2.05) is 121 Å². The van der Waals surface area contributed by atoms with E-state index < -0.39 is 36.4 Å². The fourth-order valence-electron chi connectivity index (χ4n) is 5.44. The highest BCUT2D eigenvalue weighted by atomic mass is 16.6. The summed E-state index contributed by atoms with van der Waals surface area (Å²) in [7, 11) is 0. The molecule has 4 aromatic carbocycles. The lowest BCUT2D eigenvalue weighted by atomic mass is 9.92. The summed E-state index contributed by atoms with van der Waals surface area (Å²) in [4.78, 5) is 28.0. The van der Waals surface area contributed by atoms with E-state index in [9.17, 15) is 9.59 Å². The van der Waals surface area contributed by atoms with Gasteiger partial charge in [-0.05, 0) is 29.2 Å². The molecular weight excluding hydrogens is 594 g/mol. The SMILES string of the molecule is CCOC(=O)/C=C/C1[C@@H](OCc2ccccc2)[C@H](OCc2ccccc2)[C@H](OCc2ccccc2)CN1C(=O)OCc1ccccc1. The summed E-state index contributed by atoms with van der Waals surface area (Å²) in [5.74, 6) is -0.517. The molecule has 1 aliphatic heterocycles. The summed E-state index contributed by atoms with van der Waals surface area (Å²) in [5, 5.41) is 0. The minimum atomic E-state index is -0.733. The van der Waals surface area contributed by atoms with Crippen molar-refractivity contribution in [1.29, 1.82) is 0 Å². The third-order valence-corrected chi connectivity index (χ3v) is 7.80. The average Bonchev–Trinajstić information content (AvgIpc) is 3.12. The molecule has 8 nitrogen and oxygen atoms in total. The second kappa shape index (κ2) is 17.8. The maximum absolute atomic E-state index is 13.9. The van der Waals surface area contributed by atoms with Gasteiger partial charge >= 0.3 is 12.1 Å². The summed E-state index contributed by atoms with van der Waals surface area (Å²) in [6, 6.07) is 38.2. The van der Waals surface area contributed by atoms with Crippen molar-refractivity contribution in [3.8, 4) is 0 Å². The third kappa shape index (κ3) is 10.1. The van der Waals surface area contributed by atoms with Gasteiger partial charge in [-0.25, -0.2) is 9.59 Å². The van der Waals surface area contributed by atoms with Gasteiger partial charge in [-0.3, -0.25) is 4.90 Å². The Morgan fingerprint density at radius 1 is 0.617 bits per heavy atom. The number of hydrogen-bond acceptors (Lipinski definition) is 7. The lowest BCUT2D eigenvalue weighted by molar-refractivity contribution is -0.191. The number of carbonyl (C=O) groups is 2. The van der Waals surface area contributed by atoms with Crippen LogP contribution in [0.5, 0.6) is 0 Å². The molecule has 0 aliphatic carbocycles. The molecule has 244 valence electrons. The molecule has 8 heteroatoms. The zero-order valence-corrected chi connectivity index (χ0v) is 26.6. The van der Waals surface area contributed by atoms with E-state index in [0.717, 1.165) is 22.3 Å². The van der Waals surface area contributed by atoms with Gasteiger partial charge in [0.25, 0.3) is 0 Å². The highest BCUT2D eigenvalue weighted by molar-refractivity contribution is 5.82. The molecule has 1 aliphatic rings. The van der Waals surface area contributed by atoms with E-state index >= 15 is 0 Å². The first kappa shape index (κ1) is 33.6. The van der Waals surface area contributed by atoms with Gasteiger partial charge in [-0.15, -0.1) is 0 Å². The van der Waals surface area contributed by atoms with Crippen LogP contribution < -0.4 is 0 Å². The van der Waals surface area contributed by atoms with E-state index in [2.05, 4.69) is 0 Å². The number of esters is 1. The number of ether oxygens (including phenoxy) is 5. The summed E-state index contributed by atoms with van der Waals surface area (Å²) in [6.07, 6.45) is 0.487. The highest BCUT2D eigenvalue weighted by Crippen LogP contribution is 2.30. The van der Waals surface area contributed by atoms with Gasteiger partial charge in [-0.2, -0.15) is 0 Å². The van der Waals surface area contributed by atoms with Crippen LogP contribution in [-0.2, 0) is 54.9 Å². The molecule has 0 radical (unpaired) electrons. The van der Waals surface area contributed by atoms with Crippen molar-refractivity contribution in [3.63, 3.8) is 0 Å². The Balaban J connectivity index is 1.49. The molecule has 0 saturated carbocycles. The zero-order chi connectivity index (χ0) is 32.7. The Morgan fingerprint density at radius 3 is 1.55 bits per heavy atom. The van der Waals surface area contributed by atoms with Crippen LogP contribution in [0.25, 0.3) is 0 Å². The summed E-state index contributed by atoms with van der Waals surface area (Å²) in [5.41, 5.74) is 3.78. The summed E-state index contributed by atoms with van der Waals surface area (Å²) < 4.78 is 30.8. The number of likely N-dealkylation sites (tertiary alicyclic amines) is 1. The molecule has 47 heavy (non-hydrogen) atoms. The predicted molar refractivity (Wildman–Crippen MR) is 178 cm³/mol. The maximum Gasteiger partial charge on any atom is 0.410 e. The third-order valence-electron chi connectivity index (χ3n) is 7.80. The largest absolute Gasteiger partial charge is 0.463 e. The first-order chi connectivity index (χ1) is 23.1. The lowest BCUT2D eigenvalue weighted by Gasteiger charge is -2.47. The van der Waals surface area contributed by atoms with Gasteiger partial charge in [0.1, 0.15) is 24.9 Å². The standard InChI is InChI=1S/C39H41NO7/c1-2-43-36(41)24-23-34-37(45-27-31-17-9-4-10-18-31)38(46-28-32-19-11-5-12-20-32)35(44-26-30-15-7-3-8-16-30)25-40(34)39(42)47-29-33-21-13-6-14-22-33/h3-24,34-35,37-38H,2,25-29H2,1H3/b24-23+/t34?,35-,37-,38-/m1/s1. The molecule has 1 fully saturated rings. The summed E-state index contributed by atoms with van der Waals surface area (Å²) in [6.45, 7) is 3.05. The van der Waals surface area contributed by atoms with Crippen LogP contribution >= 0.6 is 0 Å². The van der Waals surface area contributed by atoms with E-state index in [-0.39, 0.29) is 26.4 Å². The van der Waals surface area contributed by atoms with Crippen molar-refractivity contribution < 1.29 is 33.3 Å². The molecule has 5 rings (SSSR count). The first-order valence-corrected chi connectivity index (χ1v) is 15.9. The lowest BCUT2D eigenvalue weighted by Crippen LogP contribution is -2.64. The molecule has 0 spiro atoms. The number of benzene rings is 4. The molecule has 4 aromatic rings. The Bertz CT molecular complexity index is 1530. The quantitative estimate of drug-likeness (QED) is 0.110. The molecule has 1 amide bonds. The zero-order valence-electron chi connectivity index (χ0n) is 26.6. The van der Waals surface area contributed by atoms with E-state index in [0.29, 0.717) is 13.2 Å². The Labute approximate surface area is 276 Å². The Morgan fingerprint density at radius 2 is 1.06 bits per heavy atom. The minimum absolute atomic E-state index is 0.0868. The minimum Gasteiger partial charge on any atom is -0.463 e. The van der Waals surface area contributed by atoms with Crippen LogP contribution in [0, 0.1) is 0 Å². The van der Waals surface area contributed by atoms with Gasteiger partial charge in [0.2, 0.25) is 0 Å². The van der Waals surface area contributed by atoms with Crippen molar-refractivity contribution in [2.24, 2.45) is 0 Å². The van der Waals surface area contributed by atoms with Crippen molar-refractivity contribution in [2.45, 2.75) is 57.7 Å². The van der Waals surface area contributed by atoms with Gasteiger partial charge in [-0.1, -0.05) is 127 Å². The van der Waals surface area contributed by atoms with Crippen molar-refractivity contribution in [3.05, 3.63) is 156 Å². The average molecular weight is 636 g/mol. The highest BCUT2D eigenvalue weighted by Gasteiger charge is 2.47. The molecule has 1 heterocycles. The topological polar surface area (TPSA) is 83.5 Å². The van der Waals surface area contributed by atoms with Crippen LogP contribution in [0.15, 0.2) is 133 Å². The van der Waals surface area contributed by atoms with Crippen LogP contribution in [-0.4, -0.2) is 54.5 Å². The monoisotopic (exact) mass is 635 g/mol. The molecule has 1 saturated heterocycles. The second-order valence-electron chi connectivity index (χ2n) is 11.2. The van der Waals surface area contributed by atoms with Crippen LogP contribution in [0.1, 0.15) is 29.2 Å².